The van der Waals surface area contributed by atoms with Crippen LogP contribution in [0.1, 0.15) is 37.2 Å². The average molecular weight is 312 g/mol. The Kier molecular flexibility index (Phi) is 4.97. The third-order valence-electron chi connectivity index (χ3n) is 2.72. The van der Waals surface area contributed by atoms with Crippen molar-refractivity contribution >= 4 is 0 Å². The van der Waals surface area contributed by atoms with Crippen LogP contribution in [0.3, 0.4) is 0 Å². The van der Waals surface area contributed by atoms with E-state index in [1.807, 2.05) is 0 Å². The molecule has 0 saturated carbocycles. The predicted octanol–water partition coefficient (Wildman–Crippen LogP) is 4.05. The molecule has 2 nitrogen and oxygen atoms in total. The highest BCUT2D eigenvalue weighted by Gasteiger charge is 2.45. The van der Waals surface area contributed by atoms with Gasteiger partial charge in [-0.25, -0.2) is 0 Å². The Balaban J connectivity index is 3.38. The fraction of sp³-hybridized carbons (Fsp3) is 0.615. The Morgan fingerprint density at radius 3 is 2.14 bits per heavy atom. The third-order valence-corrected chi connectivity index (χ3v) is 2.72. The maximum absolute atomic E-state index is 12.9. The van der Waals surface area contributed by atoms with Crippen molar-refractivity contribution < 1.29 is 26.3 Å². The number of aromatic nitrogens is 2. The van der Waals surface area contributed by atoms with Crippen molar-refractivity contribution in [3.8, 4) is 11.8 Å². The molecule has 0 amide bonds. The Hall–Kier alpha value is -1.65. The Morgan fingerprint density at radius 2 is 1.71 bits per heavy atom. The molecule has 118 valence electrons. The van der Waals surface area contributed by atoms with Crippen LogP contribution in [0.25, 0.3) is 0 Å². The highest BCUT2D eigenvalue weighted by Crippen LogP contribution is 2.39. The van der Waals surface area contributed by atoms with Crippen LogP contribution in [-0.4, -0.2) is 9.78 Å². The van der Waals surface area contributed by atoms with E-state index in [9.17, 15) is 26.3 Å². The van der Waals surface area contributed by atoms with Crippen molar-refractivity contribution in [1.82, 2.24) is 9.78 Å². The van der Waals surface area contributed by atoms with Gasteiger partial charge in [-0.1, -0.05) is 19.8 Å². The number of halogens is 6. The Bertz CT molecular complexity index is 556. The molecule has 0 aromatic carbocycles. The summed E-state index contributed by atoms with van der Waals surface area (Å²) in [5.74, 6) is 4.65. The van der Waals surface area contributed by atoms with Gasteiger partial charge in [-0.3, -0.25) is 4.68 Å². The molecule has 0 bridgehead atoms. The highest BCUT2D eigenvalue weighted by atomic mass is 19.4. The molecule has 0 fully saturated rings. The van der Waals surface area contributed by atoms with Gasteiger partial charge in [0.2, 0.25) is 0 Å². The van der Waals surface area contributed by atoms with Gasteiger partial charge in [-0.2, -0.15) is 31.4 Å². The van der Waals surface area contributed by atoms with Gasteiger partial charge in [-0.05, 0) is 6.42 Å². The number of aryl methyl sites for hydroxylation is 1. The van der Waals surface area contributed by atoms with E-state index < -0.39 is 41.6 Å². The second-order valence-electron chi connectivity index (χ2n) is 4.57. The fourth-order valence-electron chi connectivity index (χ4n) is 1.98. The smallest absolute Gasteiger partial charge is 0.263 e. The first-order chi connectivity index (χ1) is 9.48. The molecule has 0 aliphatic rings. The van der Waals surface area contributed by atoms with Crippen molar-refractivity contribution in [2.24, 2.45) is 13.0 Å². The summed E-state index contributed by atoms with van der Waals surface area (Å²) in [7, 11) is 0.851. The Morgan fingerprint density at radius 1 is 1.14 bits per heavy atom. The van der Waals surface area contributed by atoms with E-state index in [2.05, 4.69) is 16.9 Å². The van der Waals surface area contributed by atoms with Crippen LogP contribution in [0.15, 0.2) is 0 Å². The van der Waals surface area contributed by atoms with Crippen LogP contribution in [0.2, 0.25) is 0 Å². The normalized spacial score (nSPS) is 13.8. The average Bonchev–Trinajstić information content (AvgIpc) is 2.62. The molecule has 0 saturated heterocycles. The number of hydrogen-bond acceptors (Lipinski definition) is 1. The molecule has 1 aromatic heterocycles. The first kappa shape index (κ1) is 17.4. The van der Waals surface area contributed by atoms with Gasteiger partial charge < -0.3 is 0 Å². The van der Waals surface area contributed by atoms with Crippen LogP contribution in [0, 0.1) is 17.8 Å². The predicted molar refractivity (Wildman–Crippen MR) is 64.1 cm³/mol. The maximum atomic E-state index is 12.9. The topological polar surface area (TPSA) is 17.8 Å². The standard InChI is InChI=1S/C13H14F6N2/c1-4-5-6-8(2)7-9-10(12(14,15)16)20-21(3)11(9)13(17,18)19/h8H,4,7H2,1-3H3. The lowest BCUT2D eigenvalue weighted by molar-refractivity contribution is -0.145. The lowest BCUT2D eigenvalue weighted by Crippen LogP contribution is -2.16. The molecular weight excluding hydrogens is 298 g/mol. The minimum absolute atomic E-state index is 0.234. The second kappa shape index (κ2) is 6.00. The minimum Gasteiger partial charge on any atom is -0.263 e. The van der Waals surface area contributed by atoms with E-state index in [1.54, 1.807) is 6.92 Å². The van der Waals surface area contributed by atoms with Crippen molar-refractivity contribution in [2.45, 2.75) is 39.0 Å². The number of hydrogen-bond donors (Lipinski definition) is 0. The molecule has 1 aromatic rings. The summed E-state index contributed by atoms with van der Waals surface area (Å²) in [4.78, 5) is 0. The van der Waals surface area contributed by atoms with Crippen molar-refractivity contribution in [2.75, 3.05) is 0 Å². The molecular formula is C13H14F6N2. The summed E-state index contributed by atoms with van der Waals surface area (Å²) in [6.07, 6.45) is -9.81. The van der Waals surface area contributed by atoms with E-state index >= 15 is 0 Å². The van der Waals surface area contributed by atoms with Crippen LogP contribution in [0.5, 0.6) is 0 Å². The van der Waals surface area contributed by atoms with Gasteiger partial charge in [0.25, 0.3) is 0 Å². The highest BCUT2D eigenvalue weighted by molar-refractivity contribution is 5.32. The Labute approximate surface area is 118 Å². The lowest BCUT2D eigenvalue weighted by atomic mass is 9.98. The van der Waals surface area contributed by atoms with Crippen LogP contribution >= 0.6 is 0 Å². The van der Waals surface area contributed by atoms with Gasteiger partial charge in [0.05, 0.1) is 0 Å². The molecule has 0 radical (unpaired) electrons. The van der Waals surface area contributed by atoms with Gasteiger partial charge in [0.1, 0.15) is 5.69 Å². The molecule has 0 N–H and O–H groups in total. The van der Waals surface area contributed by atoms with Gasteiger partial charge in [0.15, 0.2) is 5.69 Å². The maximum Gasteiger partial charge on any atom is 0.435 e. The number of nitrogens with zero attached hydrogens (tertiary/aromatic N) is 2. The molecule has 0 aliphatic heterocycles. The summed E-state index contributed by atoms with van der Waals surface area (Å²) < 4.78 is 77.6. The summed E-state index contributed by atoms with van der Waals surface area (Å²) in [6, 6.07) is 0. The van der Waals surface area contributed by atoms with E-state index in [1.165, 1.54) is 6.92 Å². The van der Waals surface area contributed by atoms with Crippen LogP contribution < -0.4 is 0 Å². The fourth-order valence-corrected chi connectivity index (χ4v) is 1.98. The van der Waals surface area contributed by atoms with E-state index in [4.69, 9.17) is 0 Å². The van der Waals surface area contributed by atoms with E-state index in [0.29, 0.717) is 6.42 Å². The zero-order chi connectivity index (χ0) is 16.4. The van der Waals surface area contributed by atoms with Gasteiger partial charge in [-0.15, -0.1) is 5.92 Å². The molecule has 1 unspecified atom stereocenters. The van der Waals surface area contributed by atoms with Crippen molar-refractivity contribution in [1.29, 1.82) is 0 Å². The monoisotopic (exact) mass is 312 g/mol. The van der Waals surface area contributed by atoms with Crippen molar-refractivity contribution in [3.63, 3.8) is 0 Å². The molecule has 21 heavy (non-hydrogen) atoms. The molecule has 0 spiro atoms. The third kappa shape index (κ3) is 4.16. The number of alkyl halides is 6. The van der Waals surface area contributed by atoms with Crippen LogP contribution in [0.4, 0.5) is 26.3 Å². The lowest BCUT2D eigenvalue weighted by Gasteiger charge is -2.12. The molecule has 0 aliphatic carbocycles. The van der Waals surface area contributed by atoms with Gasteiger partial charge in [0, 0.05) is 24.9 Å². The van der Waals surface area contributed by atoms with Crippen LogP contribution in [-0.2, 0) is 25.8 Å². The first-order valence-corrected chi connectivity index (χ1v) is 6.17. The molecule has 1 heterocycles. The number of rotatable bonds is 2. The zero-order valence-corrected chi connectivity index (χ0v) is 11.7. The summed E-state index contributed by atoms with van der Waals surface area (Å²) in [5.41, 5.74) is -3.72. The van der Waals surface area contributed by atoms with E-state index in [0.717, 1.165) is 7.05 Å². The largest absolute Gasteiger partial charge is 0.435 e. The minimum atomic E-state index is -4.94. The summed E-state index contributed by atoms with van der Waals surface area (Å²) in [6.45, 7) is 3.22. The molecule has 1 atom stereocenters. The summed E-state index contributed by atoms with van der Waals surface area (Å²) in [5, 5.41) is 3.01. The molecule has 1 rings (SSSR count). The first-order valence-electron chi connectivity index (χ1n) is 6.17. The van der Waals surface area contributed by atoms with Crippen molar-refractivity contribution in [3.05, 3.63) is 17.0 Å². The zero-order valence-electron chi connectivity index (χ0n) is 11.7. The quantitative estimate of drug-likeness (QED) is 0.595. The summed E-state index contributed by atoms with van der Waals surface area (Å²) >= 11 is 0. The van der Waals surface area contributed by atoms with E-state index in [-0.39, 0.29) is 4.68 Å². The molecule has 8 heteroatoms. The second-order valence-corrected chi connectivity index (χ2v) is 4.57. The van der Waals surface area contributed by atoms with Gasteiger partial charge >= 0.3 is 12.4 Å². The SMILES string of the molecule is CCC#CC(C)Cc1c(C(F)(F)F)nn(C)c1C(F)(F)F.